The number of nitrogens with zero attached hydrogens (tertiary/aromatic N) is 3. The van der Waals surface area contributed by atoms with Crippen LogP contribution in [0.15, 0.2) is 37.2 Å². The molecule has 1 unspecified atom stereocenters. The Morgan fingerprint density at radius 2 is 2.24 bits per heavy atom. The maximum atomic E-state index is 12.3. The number of carbonyl (C=O) groups excluding carboxylic acids is 1. The number of hydrogen-bond donors (Lipinski definition) is 0. The summed E-state index contributed by atoms with van der Waals surface area (Å²) in [6.45, 7) is 6.45. The first-order valence-electron chi connectivity index (χ1n) is 7.81. The predicted molar refractivity (Wildman–Crippen MR) is 84.2 cm³/mol. The molecule has 21 heavy (non-hydrogen) atoms. The van der Waals surface area contributed by atoms with Gasteiger partial charge in [0, 0.05) is 32.3 Å². The molecular weight excluding hydrogens is 262 g/mol. The van der Waals surface area contributed by atoms with Gasteiger partial charge in [-0.1, -0.05) is 6.08 Å². The molecule has 0 saturated carbocycles. The van der Waals surface area contributed by atoms with Crippen LogP contribution in [0.5, 0.6) is 0 Å². The Labute approximate surface area is 126 Å². The summed E-state index contributed by atoms with van der Waals surface area (Å²) < 4.78 is 0. The highest BCUT2D eigenvalue weighted by Crippen LogP contribution is 2.37. The van der Waals surface area contributed by atoms with Crippen molar-refractivity contribution in [3.63, 3.8) is 0 Å². The Morgan fingerprint density at radius 1 is 1.38 bits per heavy atom. The van der Waals surface area contributed by atoms with E-state index in [0.29, 0.717) is 13.0 Å². The number of carbonyl (C=O) groups is 1. The number of amides is 1. The summed E-state index contributed by atoms with van der Waals surface area (Å²) >= 11 is 0. The first-order valence-corrected chi connectivity index (χ1v) is 7.81. The molecule has 1 amide bonds. The van der Waals surface area contributed by atoms with Crippen molar-refractivity contribution in [1.29, 1.82) is 0 Å². The lowest BCUT2D eigenvalue weighted by Crippen LogP contribution is -2.62. The highest BCUT2D eigenvalue weighted by Gasteiger charge is 2.44. The minimum Gasteiger partial charge on any atom is -0.368 e. The number of pyridine rings is 1. The molecule has 3 heterocycles. The third-order valence-electron chi connectivity index (χ3n) is 4.78. The normalized spacial score (nSPS) is 26.2. The SMILES string of the molecule is C=CCN1C(=O)CCCC12CCCN(c1cccnc1)C2. The molecule has 1 aromatic rings. The number of likely N-dealkylation sites (tertiary alicyclic amines) is 1. The van der Waals surface area contributed by atoms with E-state index in [4.69, 9.17) is 0 Å². The van der Waals surface area contributed by atoms with Crippen LogP contribution in [0.25, 0.3) is 0 Å². The van der Waals surface area contributed by atoms with Crippen LogP contribution in [0.1, 0.15) is 32.1 Å². The molecule has 2 saturated heterocycles. The van der Waals surface area contributed by atoms with Crippen molar-refractivity contribution < 1.29 is 4.79 Å². The van der Waals surface area contributed by atoms with E-state index in [9.17, 15) is 4.79 Å². The van der Waals surface area contributed by atoms with Gasteiger partial charge in [-0.25, -0.2) is 0 Å². The van der Waals surface area contributed by atoms with Gasteiger partial charge in [-0.2, -0.15) is 0 Å². The largest absolute Gasteiger partial charge is 0.368 e. The van der Waals surface area contributed by atoms with Crippen molar-refractivity contribution in [3.05, 3.63) is 37.2 Å². The molecule has 4 nitrogen and oxygen atoms in total. The van der Waals surface area contributed by atoms with E-state index < -0.39 is 0 Å². The molecular formula is C17H23N3O. The predicted octanol–water partition coefficient (Wildman–Crippen LogP) is 2.62. The van der Waals surface area contributed by atoms with Crippen LogP contribution in [0.4, 0.5) is 5.69 Å². The van der Waals surface area contributed by atoms with Crippen LogP contribution in [0.3, 0.4) is 0 Å². The highest BCUT2D eigenvalue weighted by molar-refractivity contribution is 5.78. The smallest absolute Gasteiger partial charge is 0.223 e. The van der Waals surface area contributed by atoms with Crippen molar-refractivity contribution in [2.45, 2.75) is 37.6 Å². The van der Waals surface area contributed by atoms with Gasteiger partial charge in [0.15, 0.2) is 0 Å². The second kappa shape index (κ2) is 5.88. The van der Waals surface area contributed by atoms with Crippen LogP contribution in [0.2, 0.25) is 0 Å². The van der Waals surface area contributed by atoms with Crippen molar-refractivity contribution in [3.8, 4) is 0 Å². The van der Waals surface area contributed by atoms with Crippen molar-refractivity contribution >= 4 is 11.6 Å². The number of piperidine rings is 2. The van der Waals surface area contributed by atoms with E-state index >= 15 is 0 Å². The minimum atomic E-state index is -0.0163. The van der Waals surface area contributed by atoms with Gasteiger partial charge in [0.05, 0.1) is 17.4 Å². The van der Waals surface area contributed by atoms with E-state index in [0.717, 1.165) is 44.5 Å². The molecule has 0 aliphatic carbocycles. The summed E-state index contributed by atoms with van der Waals surface area (Å²) in [6, 6.07) is 4.08. The molecule has 112 valence electrons. The molecule has 0 N–H and O–H groups in total. The zero-order valence-corrected chi connectivity index (χ0v) is 12.5. The number of aromatic nitrogens is 1. The monoisotopic (exact) mass is 285 g/mol. The fraction of sp³-hybridized carbons (Fsp3) is 0.529. The lowest BCUT2D eigenvalue weighted by atomic mass is 9.79. The Hall–Kier alpha value is -1.84. The first kappa shape index (κ1) is 14.1. The second-order valence-corrected chi connectivity index (χ2v) is 6.11. The molecule has 2 fully saturated rings. The van der Waals surface area contributed by atoms with E-state index in [-0.39, 0.29) is 11.4 Å². The van der Waals surface area contributed by atoms with E-state index in [1.165, 1.54) is 0 Å². The molecule has 0 aromatic carbocycles. The first-order chi connectivity index (χ1) is 10.2. The maximum Gasteiger partial charge on any atom is 0.223 e. The molecule has 0 radical (unpaired) electrons. The van der Waals surface area contributed by atoms with Gasteiger partial charge < -0.3 is 9.80 Å². The molecule has 1 spiro atoms. The minimum absolute atomic E-state index is 0.0163. The highest BCUT2D eigenvalue weighted by atomic mass is 16.2. The lowest BCUT2D eigenvalue weighted by molar-refractivity contribution is -0.141. The molecule has 4 heteroatoms. The number of anilines is 1. The van der Waals surface area contributed by atoms with Crippen LogP contribution in [-0.4, -0.2) is 41.0 Å². The molecule has 2 aliphatic heterocycles. The topological polar surface area (TPSA) is 36.4 Å². The summed E-state index contributed by atoms with van der Waals surface area (Å²) in [6.07, 6.45) is 10.6. The van der Waals surface area contributed by atoms with E-state index in [2.05, 4.69) is 27.4 Å². The molecule has 1 aromatic heterocycles. The average Bonchev–Trinajstić information content (AvgIpc) is 2.52. The zero-order valence-electron chi connectivity index (χ0n) is 12.5. The Balaban J connectivity index is 1.85. The second-order valence-electron chi connectivity index (χ2n) is 6.11. The maximum absolute atomic E-state index is 12.3. The van der Waals surface area contributed by atoms with Crippen molar-refractivity contribution in [1.82, 2.24) is 9.88 Å². The summed E-state index contributed by atoms with van der Waals surface area (Å²) in [5.74, 6) is 0.286. The van der Waals surface area contributed by atoms with Gasteiger partial charge in [0.2, 0.25) is 5.91 Å². The summed E-state index contributed by atoms with van der Waals surface area (Å²) in [5, 5.41) is 0. The summed E-state index contributed by atoms with van der Waals surface area (Å²) in [7, 11) is 0. The van der Waals surface area contributed by atoms with Gasteiger partial charge in [-0.05, 0) is 37.8 Å². The Morgan fingerprint density at radius 3 is 3.00 bits per heavy atom. The van der Waals surface area contributed by atoms with Crippen LogP contribution >= 0.6 is 0 Å². The zero-order chi connectivity index (χ0) is 14.7. The lowest BCUT2D eigenvalue weighted by Gasteiger charge is -2.52. The molecule has 1 atom stereocenters. The van der Waals surface area contributed by atoms with Gasteiger partial charge >= 0.3 is 0 Å². The van der Waals surface area contributed by atoms with Crippen molar-refractivity contribution in [2.75, 3.05) is 24.5 Å². The summed E-state index contributed by atoms with van der Waals surface area (Å²) in [5.41, 5.74) is 1.14. The van der Waals surface area contributed by atoms with E-state index in [1.807, 2.05) is 18.3 Å². The van der Waals surface area contributed by atoms with Gasteiger partial charge in [0.1, 0.15) is 0 Å². The summed E-state index contributed by atoms with van der Waals surface area (Å²) in [4.78, 5) is 21.0. The quantitative estimate of drug-likeness (QED) is 0.801. The molecule has 3 rings (SSSR count). The fourth-order valence-electron chi connectivity index (χ4n) is 3.83. The Bertz CT molecular complexity index is 512. The van der Waals surface area contributed by atoms with Crippen LogP contribution in [-0.2, 0) is 4.79 Å². The number of hydrogen-bond acceptors (Lipinski definition) is 3. The third kappa shape index (κ3) is 2.67. The number of rotatable bonds is 3. The standard InChI is InChI=1S/C17H23N3O/c1-2-11-20-16(21)7-3-8-17(20)9-5-12-19(14-17)15-6-4-10-18-13-15/h2,4,6,10,13H,1,3,5,7-9,11-12,14H2. The average molecular weight is 285 g/mol. The van der Waals surface area contributed by atoms with Crippen molar-refractivity contribution in [2.24, 2.45) is 0 Å². The van der Waals surface area contributed by atoms with Gasteiger partial charge in [0.25, 0.3) is 0 Å². The molecule has 0 bridgehead atoms. The van der Waals surface area contributed by atoms with Crippen LogP contribution < -0.4 is 4.90 Å². The fourth-order valence-corrected chi connectivity index (χ4v) is 3.83. The third-order valence-corrected chi connectivity index (χ3v) is 4.78. The van der Waals surface area contributed by atoms with E-state index in [1.54, 1.807) is 6.20 Å². The molecule has 2 aliphatic rings. The van der Waals surface area contributed by atoms with Gasteiger partial charge in [-0.3, -0.25) is 9.78 Å². The Kier molecular flexibility index (Phi) is 3.95. The van der Waals surface area contributed by atoms with Crippen LogP contribution in [0, 0.1) is 0 Å². The van der Waals surface area contributed by atoms with Gasteiger partial charge in [-0.15, -0.1) is 6.58 Å².